The monoisotopic (exact) mass is 247 g/mol. The van der Waals surface area contributed by atoms with Crippen LogP contribution in [-0.2, 0) is 16.1 Å². The molecule has 18 heavy (non-hydrogen) atoms. The first-order chi connectivity index (χ1) is 8.68. The van der Waals surface area contributed by atoms with Gasteiger partial charge in [0.2, 0.25) is 11.8 Å². The zero-order chi connectivity index (χ0) is 13.0. The van der Waals surface area contributed by atoms with Gasteiger partial charge in [0.05, 0.1) is 5.92 Å². The van der Waals surface area contributed by atoms with E-state index in [9.17, 15) is 9.59 Å². The van der Waals surface area contributed by atoms with Gasteiger partial charge in [0.15, 0.2) is 0 Å². The molecule has 0 saturated carbocycles. The second-order valence-electron chi connectivity index (χ2n) is 4.39. The van der Waals surface area contributed by atoms with Crippen molar-refractivity contribution in [1.82, 2.24) is 10.6 Å². The Hall–Kier alpha value is -1.88. The van der Waals surface area contributed by atoms with E-state index in [4.69, 9.17) is 5.73 Å². The molecule has 96 valence electrons. The van der Waals surface area contributed by atoms with Crippen molar-refractivity contribution in [3.8, 4) is 0 Å². The maximum Gasteiger partial charge on any atom is 0.228 e. The number of hydrogen-bond acceptors (Lipinski definition) is 3. The molecule has 1 heterocycles. The number of rotatable bonds is 4. The molecule has 5 heteroatoms. The molecule has 1 aromatic rings. The molecule has 0 spiro atoms. The Morgan fingerprint density at radius 2 is 2.17 bits per heavy atom. The molecule has 0 saturated heterocycles. The van der Waals surface area contributed by atoms with Crippen molar-refractivity contribution in [2.24, 2.45) is 5.73 Å². The molecular weight excluding hydrogens is 230 g/mol. The molecule has 1 aliphatic rings. The van der Waals surface area contributed by atoms with E-state index in [2.05, 4.69) is 10.6 Å². The Morgan fingerprint density at radius 1 is 1.39 bits per heavy atom. The van der Waals surface area contributed by atoms with Crippen LogP contribution in [0.4, 0.5) is 0 Å². The van der Waals surface area contributed by atoms with Gasteiger partial charge in [0.1, 0.15) is 0 Å². The molecule has 1 aromatic carbocycles. The second-order valence-corrected chi connectivity index (χ2v) is 4.39. The molecule has 4 N–H and O–H groups in total. The maximum atomic E-state index is 12.0. The van der Waals surface area contributed by atoms with E-state index in [0.717, 1.165) is 17.7 Å². The van der Waals surface area contributed by atoms with Crippen LogP contribution in [0.2, 0.25) is 0 Å². The minimum Gasteiger partial charge on any atom is -0.370 e. The average Bonchev–Trinajstić information content (AvgIpc) is 2.37. The Bertz CT molecular complexity index is 459. The number of hydrogen-bond donors (Lipinski definition) is 3. The van der Waals surface area contributed by atoms with Crippen LogP contribution in [0.5, 0.6) is 0 Å². The number of fused-ring (bicyclic) bond motifs is 1. The highest BCUT2D eigenvalue weighted by molar-refractivity contribution is 5.85. The highest BCUT2D eigenvalue weighted by Crippen LogP contribution is 2.23. The Balaban J connectivity index is 2.01. The standard InChI is InChI=1S/C13H17N3O2/c14-12(17)5-6-16-13(18)11-8-15-7-9-3-1-2-4-10(9)11/h1-4,11,15H,5-8H2,(H2,14,17)(H,16,18). The molecular formula is C13H17N3O2. The summed E-state index contributed by atoms with van der Waals surface area (Å²) in [7, 11) is 0. The van der Waals surface area contributed by atoms with E-state index in [1.807, 2.05) is 24.3 Å². The second kappa shape index (κ2) is 5.64. The third-order valence-electron chi connectivity index (χ3n) is 3.08. The van der Waals surface area contributed by atoms with Crippen LogP contribution in [0.15, 0.2) is 24.3 Å². The van der Waals surface area contributed by atoms with Crippen molar-refractivity contribution in [2.45, 2.75) is 18.9 Å². The SMILES string of the molecule is NC(=O)CCNC(=O)C1CNCc2ccccc21. The summed E-state index contributed by atoms with van der Waals surface area (Å²) >= 11 is 0. The Labute approximate surface area is 106 Å². The van der Waals surface area contributed by atoms with E-state index >= 15 is 0 Å². The van der Waals surface area contributed by atoms with Gasteiger partial charge in [0, 0.05) is 26.1 Å². The number of benzene rings is 1. The van der Waals surface area contributed by atoms with Crippen molar-refractivity contribution in [3.63, 3.8) is 0 Å². The topological polar surface area (TPSA) is 84.2 Å². The van der Waals surface area contributed by atoms with Gasteiger partial charge >= 0.3 is 0 Å². The molecule has 1 unspecified atom stereocenters. The van der Waals surface area contributed by atoms with Gasteiger partial charge in [-0.05, 0) is 11.1 Å². The Kier molecular flexibility index (Phi) is 3.94. The fourth-order valence-corrected chi connectivity index (χ4v) is 2.16. The van der Waals surface area contributed by atoms with Crippen molar-refractivity contribution >= 4 is 11.8 Å². The number of primary amides is 1. The molecule has 1 aliphatic heterocycles. The Morgan fingerprint density at radius 3 is 2.94 bits per heavy atom. The van der Waals surface area contributed by atoms with Crippen molar-refractivity contribution in [2.75, 3.05) is 13.1 Å². The smallest absolute Gasteiger partial charge is 0.228 e. The summed E-state index contributed by atoms with van der Waals surface area (Å²) in [4.78, 5) is 22.7. The van der Waals surface area contributed by atoms with Crippen LogP contribution >= 0.6 is 0 Å². The number of nitrogens with one attached hydrogen (secondary N) is 2. The van der Waals surface area contributed by atoms with Gasteiger partial charge in [-0.1, -0.05) is 24.3 Å². The van der Waals surface area contributed by atoms with Gasteiger partial charge in [-0.15, -0.1) is 0 Å². The van der Waals surface area contributed by atoms with E-state index in [-0.39, 0.29) is 18.2 Å². The van der Waals surface area contributed by atoms with Crippen molar-refractivity contribution in [1.29, 1.82) is 0 Å². The third-order valence-corrected chi connectivity index (χ3v) is 3.08. The molecule has 0 aliphatic carbocycles. The van der Waals surface area contributed by atoms with Crippen LogP contribution < -0.4 is 16.4 Å². The van der Waals surface area contributed by atoms with Crippen LogP contribution in [-0.4, -0.2) is 24.9 Å². The van der Waals surface area contributed by atoms with Gasteiger partial charge in [-0.25, -0.2) is 0 Å². The van der Waals surface area contributed by atoms with Gasteiger partial charge < -0.3 is 16.4 Å². The quantitative estimate of drug-likeness (QED) is 0.692. The van der Waals surface area contributed by atoms with E-state index in [0.29, 0.717) is 13.1 Å². The highest BCUT2D eigenvalue weighted by atomic mass is 16.2. The molecule has 5 nitrogen and oxygen atoms in total. The molecule has 0 aromatic heterocycles. The summed E-state index contributed by atoms with van der Waals surface area (Å²) in [6, 6.07) is 7.90. The number of carbonyl (C=O) groups excluding carboxylic acids is 2. The summed E-state index contributed by atoms with van der Waals surface area (Å²) in [6.07, 6.45) is 0.174. The number of nitrogens with two attached hydrogens (primary N) is 1. The van der Waals surface area contributed by atoms with Gasteiger partial charge in [0.25, 0.3) is 0 Å². The maximum absolute atomic E-state index is 12.0. The summed E-state index contributed by atoms with van der Waals surface area (Å²) in [5.41, 5.74) is 7.25. The first-order valence-corrected chi connectivity index (χ1v) is 6.03. The lowest BCUT2D eigenvalue weighted by Gasteiger charge is -2.25. The fourth-order valence-electron chi connectivity index (χ4n) is 2.16. The van der Waals surface area contributed by atoms with Crippen molar-refractivity contribution < 1.29 is 9.59 Å². The average molecular weight is 247 g/mol. The zero-order valence-electron chi connectivity index (χ0n) is 10.1. The number of carbonyl (C=O) groups is 2. The fraction of sp³-hybridized carbons (Fsp3) is 0.385. The molecule has 0 fully saturated rings. The number of amides is 2. The minimum absolute atomic E-state index is 0.0594. The summed E-state index contributed by atoms with van der Waals surface area (Å²) < 4.78 is 0. The summed E-state index contributed by atoms with van der Waals surface area (Å²) in [5, 5.41) is 5.96. The minimum atomic E-state index is -0.405. The molecule has 0 bridgehead atoms. The third kappa shape index (κ3) is 2.87. The van der Waals surface area contributed by atoms with Crippen LogP contribution in [0.3, 0.4) is 0 Å². The highest BCUT2D eigenvalue weighted by Gasteiger charge is 2.25. The van der Waals surface area contributed by atoms with Gasteiger partial charge in [-0.3, -0.25) is 9.59 Å². The largest absolute Gasteiger partial charge is 0.370 e. The van der Waals surface area contributed by atoms with E-state index < -0.39 is 5.91 Å². The lowest BCUT2D eigenvalue weighted by atomic mass is 9.90. The molecule has 2 amide bonds. The molecule has 1 atom stereocenters. The van der Waals surface area contributed by atoms with E-state index in [1.54, 1.807) is 0 Å². The van der Waals surface area contributed by atoms with Crippen LogP contribution in [0.1, 0.15) is 23.5 Å². The zero-order valence-corrected chi connectivity index (χ0v) is 10.1. The first kappa shape index (κ1) is 12.6. The first-order valence-electron chi connectivity index (χ1n) is 6.03. The van der Waals surface area contributed by atoms with E-state index in [1.165, 1.54) is 0 Å². The van der Waals surface area contributed by atoms with Crippen LogP contribution in [0, 0.1) is 0 Å². The molecule has 0 radical (unpaired) electrons. The van der Waals surface area contributed by atoms with Crippen molar-refractivity contribution in [3.05, 3.63) is 35.4 Å². The summed E-state index contributed by atoms with van der Waals surface area (Å²) in [5.74, 6) is -0.656. The molecule has 2 rings (SSSR count). The summed E-state index contributed by atoms with van der Waals surface area (Å²) in [6.45, 7) is 1.72. The lowest BCUT2D eigenvalue weighted by Crippen LogP contribution is -2.39. The normalized spacial score (nSPS) is 17.9. The van der Waals surface area contributed by atoms with Gasteiger partial charge in [-0.2, -0.15) is 0 Å². The van der Waals surface area contributed by atoms with Crippen LogP contribution in [0.25, 0.3) is 0 Å². The predicted octanol–water partition coefficient (Wildman–Crippen LogP) is -0.135. The predicted molar refractivity (Wildman–Crippen MR) is 67.7 cm³/mol. The lowest BCUT2D eigenvalue weighted by molar-refractivity contribution is -0.122.